The maximum atomic E-state index is 8.63. The van der Waals surface area contributed by atoms with Gasteiger partial charge >= 0.3 is 0 Å². The van der Waals surface area contributed by atoms with Crippen LogP contribution in [0.4, 0.5) is 0 Å². The molecule has 1 aromatic carbocycles. The minimum Gasteiger partial charge on any atom is -0.508 e. The van der Waals surface area contributed by atoms with Gasteiger partial charge in [-0.05, 0) is 12.1 Å². The van der Waals surface area contributed by atoms with Gasteiger partial charge in [0.05, 0.1) is 0 Å². The lowest BCUT2D eigenvalue weighted by molar-refractivity contribution is 0.475. The molecule has 0 saturated carbocycles. The third-order valence-corrected chi connectivity index (χ3v) is 0.756. The standard InChI is InChI=1S/C6H6O.2ClH/c7-6-4-2-1-3-5-6;;/h1-5,7H;2*1H. The molecule has 9 heavy (non-hydrogen) atoms. The first-order valence-corrected chi connectivity index (χ1v) is 2.13. The average Bonchev–Trinajstić information content (AvgIpc) is 1.69. The SMILES string of the molecule is Cl.Cl.Oc1ccccc1. The molecule has 0 radical (unpaired) electrons. The Morgan fingerprint density at radius 3 is 1.56 bits per heavy atom. The zero-order valence-corrected chi connectivity index (χ0v) is 6.28. The minimum atomic E-state index is 0. The van der Waals surface area contributed by atoms with E-state index in [0.29, 0.717) is 5.75 Å². The number of phenols is 1. The van der Waals surface area contributed by atoms with Gasteiger partial charge in [0.15, 0.2) is 0 Å². The zero-order chi connectivity index (χ0) is 5.11. The van der Waals surface area contributed by atoms with Crippen LogP contribution in [0.3, 0.4) is 0 Å². The molecule has 0 aliphatic rings. The van der Waals surface area contributed by atoms with Crippen LogP contribution in [0.2, 0.25) is 0 Å². The van der Waals surface area contributed by atoms with Crippen LogP contribution in [0, 0.1) is 0 Å². The van der Waals surface area contributed by atoms with Crippen LogP contribution >= 0.6 is 24.8 Å². The Balaban J connectivity index is 0. The van der Waals surface area contributed by atoms with Crippen LogP contribution < -0.4 is 0 Å². The first-order valence-electron chi connectivity index (χ1n) is 2.13. The van der Waals surface area contributed by atoms with Crippen LogP contribution in [0.1, 0.15) is 0 Å². The predicted octanol–water partition coefficient (Wildman–Crippen LogP) is 2.24. The molecule has 3 heteroatoms. The van der Waals surface area contributed by atoms with Gasteiger partial charge in [0.25, 0.3) is 0 Å². The summed E-state index contributed by atoms with van der Waals surface area (Å²) >= 11 is 0. The van der Waals surface area contributed by atoms with Gasteiger partial charge in [0.2, 0.25) is 0 Å². The van der Waals surface area contributed by atoms with E-state index in [9.17, 15) is 0 Å². The molecular formula is C6H8Cl2O. The number of phenolic OH excluding ortho intramolecular Hbond substituents is 1. The highest BCUT2D eigenvalue weighted by molar-refractivity contribution is 5.85. The Labute approximate surface area is 66.5 Å². The second kappa shape index (κ2) is 5.73. The summed E-state index contributed by atoms with van der Waals surface area (Å²) in [7, 11) is 0. The lowest BCUT2D eigenvalue weighted by Gasteiger charge is -1.82. The summed E-state index contributed by atoms with van der Waals surface area (Å²) in [6, 6.07) is 8.71. The van der Waals surface area contributed by atoms with Gasteiger partial charge in [0, 0.05) is 0 Å². The van der Waals surface area contributed by atoms with Crippen LogP contribution in [0.25, 0.3) is 0 Å². The molecule has 1 aromatic rings. The molecule has 1 rings (SSSR count). The second-order valence-corrected chi connectivity index (χ2v) is 1.34. The molecule has 52 valence electrons. The minimum absolute atomic E-state index is 0. The molecule has 0 spiro atoms. The molecule has 0 atom stereocenters. The van der Waals surface area contributed by atoms with E-state index in [4.69, 9.17) is 5.11 Å². The molecule has 0 heterocycles. The number of rotatable bonds is 0. The molecule has 0 aromatic heterocycles. The molecule has 0 fully saturated rings. The van der Waals surface area contributed by atoms with E-state index in [-0.39, 0.29) is 24.8 Å². The molecule has 1 N–H and O–H groups in total. The fourth-order valence-corrected chi connectivity index (χ4v) is 0.428. The van der Waals surface area contributed by atoms with Crippen molar-refractivity contribution in [2.24, 2.45) is 0 Å². The fourth-order valence-electron chi connectivity index (χ4n) is 0.428. The maximum Gasteiger partial charge on any atom is 0.115 e. The highest BCUT2D eigenvalue weighted by Gasteiger charge is 1.74. The van der Waals surface area contributed by atoms with Crippen molar-refractivity contribution in [3.05, 3.63) is 30.3 Å². The van der Waals surface area contributed by atoms with Gasteiger partial charge in [-0.15, -0.1) is 24.8 Å². The summed E-state index contributed by atoms with van der Waals surface area (Å²) in [6.07, 6.45) is 0. The van der Waals surface area contributed by atoms with Gasteiger partial charge in [0.1, 0.15) is 5.75 Å². The average molecular weight is 167 g/mol. The maximum absolute atomic E-state index is 8.63. The summed E-state index contributed by atoms with van der Waals surface area (Å²) in [5.74, 6) is 0.322. The predicted molar refractivity (Wildman–Crippen MR) is 42.6 cm³/mol. The number of hydrogen-bond donors (Lipinski definition) is 1. The highest BCUT2D eigenvalue weighted by atomic mass is 35.5. The molecule has 0 aliphatic carbocycles. The Bertz CT molecular complexity index is 141. The van der Waals surface area contributed by atoms with E-state index in [1.165, 1.54) is 0 Å². The van der Waals surface area contributed by atoms with Crippen LogP contribution in [-0.4, -0.2) is 5.11 Å². The topological polar surface area (TPSA) is 20.2 Å². The van der Waals surface area contributed by atoms with Crippen molar-refractivity contribution in [3.8, 4) is 5.75 Å². The van der Waals surface area contributed by atoms with E-state index in [2.05, 4.69) is 0 Å². The third-order valence-electron chi connectivity index (χ3n) is 0.756. The largest absolute Gasteiger partial charge is 0.508 e. The summed E-state index contributed by atoms with van der Waals surface area (Å²) in [5, 5.41) is 8.63. The van der Waals surface area contributed by atoms with Gasteiger partial charge in [-0.3, -0.25) is 0 Å². The van der Waals surface area contributed by atoms with Crippen molar-refractivity contribution in [2.45, 2.75) is 0 Å². The first kappa shape index (κ1) is 11.4. The lowest BCUT2D eigenvalue weighted by Crippen LogP contribution is -1.56. The lowest BCUT2D eigenvalue weighted by atomic mass is 10.3. The molecule has 1 nitrogen and oxygen atoms in total. The van der Waals surface area contributed by atoms with Crippen molar-refractivity contribution < 1.29 is 5.11 Å². The van der Waals surface area contributed by atoms with Crippen molar-refractivity contribution in [1.82, 2.24) is 0 Å². The first-order chi connectivity index (χ1) is 3.39. The van der Waals surface area contributed by atoms with Crippen molar-refractivity contribution in [2.75, 3.05) is 0 Å². The van der Waals surface area contributed by atoms with E-state index < -0.39 is 0 Å². The monoisotopic (exact) mass is 166 g/mol. The number of halogens is 2. The molecule has 0 amide bonds. The summed E-state index contributed by atoms with van der Waals surface area (Å²) in [5.41, 5.74) is 0. The van der Waals surface area contributed by atoms with Crippen LogP contribution in [0.5, 0.6) is 5.75 Å². The van der Waals surface area contributed by atoms with E-state index >= 15 is 0 Å². The smallest absolute Gasteiger partial charge is 0.115 e. The Hall–Kier alpha value is -0.400. The van der Waals surface area contributed by atoms with E-state index in [1.54, 1.807) is 24.3 Å². The quantitative estimate of drug-likeness (QED) is 0.628. The Morgan fingerprint density at radius 2 is 1.33 bits per heavy atom. The van der Waals surface area contributed by atoms with E-state index in [1.807, 2.05) is 6.07 Å². The number of para-hydroxylation sites is 1. The van der Waals surface area contributed by atoms with E-state index in [0.717, 1.165) is 0 Å². The van der Waals surface area contributed by atoms with Crippen LogP contribution in [-0.2, 0) is 0 Å². The molecular weight excluding hydrogens is 159 g/mol. The molecule has 0 aliphatic heterocycles. The normalized spacial score (nSPS) is 6.67. The zero-order valence-electron chi connectivity index (χ0n) is 4.65. The molecule has 0 bridgehead atoms. The number of hydrogen-bond acceptors (Lipinski definition) is 1. The van der Waals surface area contributed by atoms with Gasteiger partial charge in [-0.25, -0.2) is 0 Å². The molecule has 0 unspecified atom stereocenters. The number of aromatic hydroxyl groups is 1. The van der Waals surface area contributed by atoms with Crippen molar-refractivity contribution in [1.29, 1.82) is 0 Å². The Kier molecular flexibility index (Phi) is 7.26. The third kappa shape index (κ3) is 4.13. The Morgan fingerprint density at radius 1 is 0.889 bits per heavy atom. The highest BCUT2D eigenvalue weighted by Crippen LogP contribution is 2.02. The summed E-state index contributed by atoms with van der Waals surface area (Å²) < 4.78 is 0. The fraction of sp³-hybridized carbons (Fsp3) is 0. The summed E-state index contributed by atoms with van der Waals surface area (Å²) in [4.78, 5) is 0. The van der Waals surface area contributed by atoms with Gasteiger partial charge in [-0.2, -0.15) is 0 Å². The summed E-state index contributed by atoms with van der Waals surface area (Å²) in [6.45, 7) is 0. The molecule has 0 saturated heterocycles. The number of benzene rings is 1. The van der Waals surface area contributed by atoms with Crippen molar-refractivity contribution >= 4 is 24.8 Å². The van der Waals surface area contributed by atoms with Gasteiger partial charge < -0.3 is 5.11 Å². The van der Waals surface area contributed by atoms with Gasteiger partial charge in [-0.1, -0.05) is 18.2 Å². The van der Waals surface area contributed by atoms with Crippen LogP contribution in [0.15, 0.2) is 30.3 Å². The van der Waals surface area contributed by atoms with Crippen molar-refractivity contribution in [3.63, 3.8) is 0 Å². The second-order valence-electron chi connectivity index (χ2n) is 1.34.